The molecular formula is C17H22O3. The van der Waals surface area contributed by atoms with Gasteiger partial charge in [-0.1, -0.05) is 50.8 Å². The van der Waals surface area contributed by atoms with Crippen LogP contribution in [0.1, 0.15) is 32.3 Å². The van der Waals surface area contributed by atoms with E-state index in [0.29, 0.717) is 19.0 Å². The summed E-state index contributed by atoms with van der Waals surface area (Å²) in [6, 6.07) is 10.1. The highest BCUT2D eigenvalue weighted by molar-refractivity contribution is 5.78. The zero-order valence-electron chi connectivity index (χ0n) is 12.2. The first-order valence-corrected chi connectivity index (χ1v) is 7.04. The molecule has 2 rings (SSSR count). The molecular weight excluding hydrogens is 252 g/mol. The van der Waals surface area contributed by atoms with Gasteiger partial charge in [-0.25, -0.2) is 0 Å². The van der Waals surface area contributed by atoms with Gasteiger partial charge in [0.2, 0.25) is 0 Å². The van der Waals surface area contributed by atoms with Gasteiger partial charge in [-0.3, -0.25) is 4.79 Å². The Morgan fingerprint density at radius 2 is 2.00 bits per heavy atom. The molecule has 3 heteroatoms. The van der Waals surface area contributed by atoms with E-state index in [1.54, 1.807) is 0 Å². The molecule has 0 aromatic heterocycles. The fraction of sp³-hybridized carbons (Fsp3) is 0.471. The maximum Gasteiger partial charge on any atom is 0.315 e. The van der Waals surface area contributed by atoms with Crippen molar-refractivity contribution in [3.05, 3.63) is 48.2 Å². The third kappa shape index (κ3) is 3.28. The molecule has 20 heavy (non-hydrogen) atoms. The standard InChI is InChI=1S/C17H22O3/c1-13-17(2,3)15(16(18)20-13)10-7-11-19-12-14-8-5-4-6-9-14/h4-6,8-9,15H,1,7,10-12H2,2-3H3/t15-/m1/s1. The monoisotopic (exact) mass is 274 g/mol. The number of esters is 1. The third-order valence-corrected chi connectivity index (χ3v) is 3.99. The lowest BCUT2D eigenvalue weighted by molar-refractivity contribution is -0.139. The summed E-state index contributed by atoms with van der Waals surface area (Å²) >= 11 is 0. The van der Waals surface area contributed by atoms with E-state index >= 15 is 0 Å². The van der Waals surface area contributed by atoms with Gasteiger partial charge in [0, 0.05) is 12.0 Å². The predicted molar refractivity (Wildman–Crippen MR) is 77.8 cm³/mol. The third-order valence-electron chi connectivity index (χ3n) is 3.99. The molecule has 1 aromatic rings. The Balaban J connectivity index is 1.71. The van der Waals surface area contributed by atoms with Crippen LogP contribution < -0.4 is 0 Å². The normalized spacial score (nSPS) is 21.0. The van der Waals surface area contributed by atoms with Crippen LogP contribution in [-0.2, 0) is 20.9 Å². The predicted octanol–water partition coefficient (Wildman–Crippen LogP) is 3.70. The van der Waals surface area contributed by atoms with Gasteiger partial charge in [0.1, 0.15) is 5.76 Å². The molecule has 0 aliphatic carbocycles. The first kappa shape index (κ1) is 14.8. The van der Waals surface area contributed by atoms with Crippen LogP contribution in [0.5, 0.6) is 0 Å². The Morgan fingerprint density at radius 3 is 2.60 bits per heavy atom. The van der Waals surface area contributed by atoms with E-state index in [1.807, 2.05) is 44.2 Å². The van der Waals surface area contributed by atoms with E-state index in [2.05, 4.69) is 6.58 Å². The maximum absolute atomic E-state index is 11.8. The summed E-state index contributed by atoms with van der Waals surface area (Å²) in [6.07, 6.45) is 1.63. The van der Waals surface area contributed by atoms with E-state index in [0.717, 1.165) is 12.8 Å². The quantitative estimate of drug-likeness (QED) is 0.586. The number of carbonyl (C=O) groups excluding carboxylic acids is 1. The zero-order valence-corrected chi connectivity index (χ0v) is 12.2. The van der Waals surface area contributed by atoms with Gasteiger partial charge < -0.3 is 9.47 Å². The molecule has 0 bridgehead atoms. The van der Waals surface area contributed by atoms with Gasteiger partial charge in [0.25, 0.3) is 0 Å². The first-order chi connectivity index (χ1) is 9.51. The SMILES string of the molecule is C=C1OC(=O)[C@@H](CCCOCc2ccccc2)C1(C)C. The summed E-state index contributed by atoms with van der Waals surface area (Å²) in [5.41, 5.74) is 0.901. The van der Waals surface area contributed by atoms with Crippen molar-refractivity contribution in [3.63, 3.8) is 0 Å². The molecule has 108 valence electrons. The van der Waals surface area contributed by atoms with Crippen LogP contribution in [0, 0.1) is 11.3 Å². The average molecular weight is 274 g/mol. The van der Waals surface area contributed by atoms with E-state index < -0.39 is 0 Å². The van der Waals surface area contributed by atoms with Crippen molar-refractivity contribution < 1.29 is 14.3 Å². The summed E-state index contributed by atoms with van der Waals surface area (Å²) < 4.78 is 10.8. The van der Waals surface area contributed by atoms with Crippen molar-refractivity contribution in [3.8, 4) is 0 Å². The Bertz CT molecular complexity index is 476. The van der Waals surface area contributed by atoms with Gasteiger partial charge in [0.15, 0.2) is 0 Å². The molecule has 0 saturated carbocycles. The van der Waals surface area contributed by atoms with Gasteiger partial charge >= 0.3 is 5.97 Å². The second-order valence-electron chi connectivity index (χ2n) is 5.80. The highest BCUT2D eigenvalue weighted by Crippen LogP contribution is 2.44. The molecule has 1 atom stereocenters. The van der Waals surface area contributed by atoms with Gasteiger partial charge in [-0.15, -0.1) is 0 Å². The second kappa shape index (κ2) is 6.23. The van der Waals surface area contributed by atoms with Gasteiger partial charge in [-0.05, 0) is 18.4 Å². The summed E-state index contributed by atoms with van der Waals surface area (Å²) in [6.45, 7) is 9.11. The lowest BCUT2D eigenvalue weighted by Crippen LogP contribution is -2.23. The van der Waals surface area contributed by atoms with Crippen LogP contribution >= 0.6 is 0 Å². The topological polar surface area (TPSA) is 35.5 Å². The summed E-state index contributed by atoms with van der Waals surface area (Å²) in [4.78, 5) is 11.8. The second-order valence-corrected chi connectivity index (χ2v) is 5.80. The highest BCUT2D eigenvalue weighted by atomic mass is 16.5. The molecule has 1 heterocycles. The molecule has 3 nitrogen and oxygen atoms in total. The number of carbonyl (C=O) groups is 1. The highest BCUT2D eigenvalue weighted by Gasteiger charge is 2.46. The Labute approximate surface area is 120 Å². The van der Waals surface area contributed by atoms with Crippen molar-refractivity contribution in [1.82, 2.24) is 0 Å². The van der Waals surface area contributed by atoms with Crippen molar-refractivity contribution in [2.24, 2.45) is 11.3 Å². The number of benzene rings is 1. The molecule has 1 aliphatic heterocycles. The summed E-state index contributed by atoms with van der Waals surface area (Å²) in [5.74, 6) is 0.330. The lowest BCUT2D eigenvalue weighted by Gasteiger charge is -2.22. The molecule has 0 N–H and O–H groups in total. The molecule has 1 aliphatic rings. The van der Waals surface area contributed by atoms with Crippen LogP contribution in [0.4, 0.5) is 0 Å². The number of hydrogen-bond acceptors (Lipinski definition) is 3. The molecule has 1 fully saturated rings. The minimum atomic E-state index is -0.267. The molecule has 1 saturated heterocycles. The van der Waals surface area contributed by atoms with E-state index in [9.17, 15) is 4.79 Å². The molecule has 0 unspecified atom stereocenters. The maximum atomic E-state index is 11.8. The van der Waals surface area contributed by atoms with Crippen molar-refractivity contribution >= 4 is 5.97 Å². The summed E-state index contributed by atoms with van der Waals surface area (Å²) in [7, 11) is 0. The number of hydrogen-bond donors (Lipinski definition) is 0. The Hall–Kier alpha value is -1.61. The fourth-order valence-electron chi connectivity index (χ4n) is 2.45. The van der Waals surface area contributed by atoms with Crippen LogP contribution in [0.2, 0.25) is 0 Å². The number of ether oxygens (including phenoxy) is 2. The zero-order chi connectivity index (χ0) is 14.6. The van der Waals surface area contributed by atoms with Crippen LogP contribution in [0.3, 0.4) is 0 Å². The van der Waals surface area contributed by atoms with Gasteiger partial charge in [0.05, 0.1) is 12.5 Å². The Kier molecular flexibility index (Phi) is 4.61. The minimum absolute atomic E-state index is 0.102. The minimum Gasteiger partial charge on any atom is -0.431 e. The number of allylic oxidation sites excluding steroid dienone is 1. The molecule has 0 amide bonds. The van der Waals surface area contributed by atoms with Crippen molar-refractivity contribution in [1.29, 1.82) is 0 Å². The van der Waals surface area contributed by atoms with Crippen molar-refractivity contribution in [2.75, 3.05) is 6.61 Å². The molecule has 0 radical (unpaired) electrons. The average Bonchev–Trinajstić information content (AvgIpc) is 2.61. The Morgan fingerprint density at radius 1 is 1.30 bits per heavy atom. The van der Waals surface area contributed by atoms with Crippen LogP contribution in [-0.4, -0.2) is 12.6 Å². The van der Waals surface area contributed by atoms with Crippen LogP contribution in [0.25, 0.3) is 0 Å². The lowest BCUT2D eigenvalue weighted by atomic mass is 9.77. The number of cyclic esters (lactones) is 1. The molecule has 1 aromatic carbocycles. The van der Waals surface area contributed by atoms with Crippen molar-refractivity contribution in [2.45, 2.75) is 33.3 Å². The van der Waals surface area contributed by atoms with E-state index in [1.165, 1.54) is 5.56 Å². The van der Waals surface area contributed by atoms with Crippen LogP contribution in [0.15, 0.2) is 42.7 Å². The van der Waals surface area contributed by atoms with E-state index in [-0.39, 0.29) is 17.3 Å². The van der Waals surface area contributed by atoms with E-state index in [4.69, 9.17) is 9.47 Å². The first-order valence-electron chi connectivity index (χ1n) is 7.04. The molecule has 0 spiro atoms. The van der Waals surface area contributed by atoms with Gasteiger partial charge in [-0.2, -0.15) is 0 Å². The summed E-state index contributed by atoms with van der Waals surface area (Å²) in [5, 5.41) is 0. The fourth-order valence-corrected chi connectivity index (χ4v) is 2.45. The number of rotatable bonds is 6. The smallest absolute Gasteiger partial charge is 0.315 e. The largest absolute Gasteiger partial charge is 0.431 e.